The summed E-state index contributed by atoms with van der Waals surface area (Å²) in [5.74, 6) is 0.538. The maximum Gasteiger partial charge on any atom is 0.269 e. The van der Waals surface area contributed by atoms with Crippen molar-refractivity contribution >= 4 is 6.08 Å². The van der Waals surface area contributed by atoms with Gasteiger partial charge in [-0.15, -0.1) is 0 Å². The van der Waals surface area contributed by atoms with E-state index in [1.54, 1.807) is 16.8 Å². The number of pyridine rings is 1. The SMILES string of the molecule is C=Cc1ccn(CCC(C)C)c(=O)c1C#N. The monoisotopic (exact) mass is 216 g/mol. The molecule has 84 valence electrons. The maximum atomic E-state index is 11.9. The number of aromatic nitrogens is 1. The predicted octanol–water partition coefficient (Wildman–Crippen LogP) is 2.41. The Bertz CT molecular complexity index is 478. The number of hydrogen-bond donors (Lipinski definition) is 0. The van der Waals surface area contributed by atoms with Crippen molar-refractivity contribution in [1.29, 1.82) is 5.26 Å². The van der Waals surface area contributed by atoms with E-state index in [0.29, 0.717) is 18.0 Å². The summed E-state index contributed by atoms with van der Waals surface area (Å²) in [5, 5.41) is 8.92. The van der Waals surface area contributed by atoms with Gasteiger partial charge in [0.05, 0.1) is 0 Å². The smallest absolute Gasteiger partial charge is 0.269 e. The first-order chi connectivity index (χ1) is 7.60. The molecule has 16 heavy (non-hydrogen) atoms. The van der Waals surface area contributed by atoms with Gasteiger partial charge in [0.25, 0.3) is 5.56 Å². The lowest BCUT2D eigenvalue weighted by Crippen LogP contribution is -2.23. The Balaban J connectivity index is 3.11. The van der Waals surface area contributed by atoms with Crippen LogP contribution in [0.25, 0.3) is 6.08 Å². The van der Waals surface area contributed by atoms with E-state index in [0.717, 1.165) is 6.42 Å². The van der Waals surface area contributed by atoms with Crippen LogP contribution in [-0.2, 0) is 6.54 Å². The van der Waals surface area contributed by atoms with Gasteiger partial charge >= 0.3 is 0 Å². The molecule has 3 nitrogen and oxygen atoms in total. The van der Waals surface area contributed by atoms with Gasteiger partial charge in [0.15, 0.2) is 0 Å². The molecule has 0 spiro atoms. The second-order valence-corrected chi connectivity index (χ2v) is 4.14. The second-order valence-electron chi connectivity index (χ2n) is 4.14. The molecule has 0 radical (unpaired) electrons. The lowest BCUT2D eigenvalue weighted by Gasteiger charge is -2.09. The number of nitrogens with zero attached hydrogens (tertiary/aromatic N) is 2. The molecule has 0 atom stereocenters. The number of hydrogen-bond acceptors (Lipinski definition) is 2. The zero-order valence-corrected chi connectivity index (χ0v) is 9.73. The van der Waals surface area contributed by atoms with E-state index in [-0.39, 0.29) is 11.1 Å². The molecule has 0 amide bonds. The molecule has 0 aliphatic heterocycles. The maximum absolute atomic E-state index is 11.9. The van der Waals surface area contributed by atoms with Crippen LogP contribution in [0.4, 0.5) is 0 Å². The molecule has 0 saturated carbocycles. The molecule has 0 saturated heterocycles. The molecule has 1 heterocycles. The lowest BCUT2D eigenvalue weighted by molar-refractivity contribution is 0.507. The summed E-state index contributed by atoms with van der Waals surface area (Å²) in [5.41, 5.74) is 0.565. The van der Waals surface area contributed by atoms with E-state index in [9.17, 15) is 4.79 Å². The fourth-order valence-electron chi connectivity index (χ4n) is 1.44. The van der Waals surface area contributed by atoms with Gasteiger partial charge in [0, 0.05) is 12.7 Å². The van der Waals surface area contributed by atoms with E-state index < -0.39 is 0 Å². The summed E-state index contributed by atoms with van der Waals surface area (Å²) >= 11 is 0. The van der Waals surface area contributed by atoms with Gasteiger partial charge < -0.3 is 4.57 Å². The average molecular weight is 216 g/mol. The van der Waals surface area contributed by atoms with Crippen LogP contribution >= 0.6 is 0 Å². The Hall–Kier alpha value is -1.82. The third-order valence-electron chi connectivity index (χ3n) is 2.48. The molecule has 0 bridgehead atoms. The summed E-state index contributed by atoms with van der Waals surface area (Å²) in [6.07, 6.45) is 4.19. The molecule has 1 aromatic heterocycles. The Morgan fingerprint density at radius 1 is 1.62 bits per heavy atom. The Morgan fingerprint density at radius 2 is 2.31 bits per heavy atom. The summed E-state index contributed by atoms with van der Waals surface area (Å²) in [6.45, 7) is 8.45. The molecule has 3 heteroatoms. The predicted molar refractivity (Wildman–Crippen MR) is 65.0 cm³/mol. The summed E-state index contributed by atoms with van der Waals surface area (Å²) < 4.78 is 1.59. The highest BCUT2D eigenvalue weighted by Crippen LogP contribution is 2.06. The van der Waals surface area contributed by atoms with Gasteiger partial charge in [-0.2, -0.15) is 5.26 Å². The van der Waals surface area contributed by atoms with E-state index >= 15 is 0 Å². The zero-order valence-electron chi connectivity index (χ0n) is 9.73. The van der Waals surface area contributed by atoms with Gasteiger partial charge in [0.1, 0.15) is 11.6 Å². The van der Waals surface area contributed by atoms with Crippen molar-refractivity contribution < 1.29 is 0 Å². The van der Waals surface area contributed by atoms with Crippen molar-refractivity contribution in [3.05, 3.63) is 40.3 Å². The normalized spacial score (nSPS) is 10.1. The first-order valence-corrected chi connectivity index (χ1v) is 5.36. The van der Waals surface area contributed by atoms with Crippen LogP contribution in [0, 0.1) is 17.2 Å². The third kappa shape index (κ3) is 2.60. The molecule has 0 N–H and O–H groups in total. The van der Waals surface area contributed by atoms with Crippen LogP contribution in [0.15, 0.2) is 23.6 Å². The van der Waals surface area contributed by atoms with Crippen LogP contribution in [0.5, 0.6) is 0 Å². The fraction of sp³-hybridized carbons (Fsp3) is 0.385. The quantitative estimate of drug-likeness (QED) is 0.775. The molecular formula is C13H16N2O. The van der Waals surface area contributed by atoms with Crippen LogP contribution < -0.4 is 5.56 Å². The van der Waals surface area contributed by atoms with Crippen LogP contribution in [0.1, 0.15) is 31.4 Å². The zero-order chi connectivity index (χ0) is 12.1. The van der Waals surface area contributed by atoms with Gasteiger partial charge in [-0.3, -0.25) is 4.79 Å². The van der Waals surface area contributed by atoms with E-state index in [1.807, 2.05) is 6.07 Å². The largest absolute Gasteiger partial charge is 0.314 e. The summed E-state index contributed by atoms with van der Waals surface area (Å²) in [6, 6.07) is 3.70. The van der Waals surface area contributed by atoms with Gasteiger partial charge in [-0.05, 0) is 24.0 Å². The molecule has 0 aliphatic rings. The standard InChI is InChI=1S/C13H16N2O/c1-4-11-6-8-15(7-5-10(2)3)13(16)12(11)9-14/h4,6,8,10H,1,5,7H2,2-3H3. The molecule has 0 aliphatic carbocycles. The van der Waals surface area contributed by atoms with E-state index in [4.69, 9.17) is 5.26 Å². The van der Waals surface area contributed by atoms with E-state index in [2.05, 4.69) is 20.4 Å². The highest BCUT2D eigenvalue weighted by atomic mass is 16.1. The van der Waals surface area contributed by atoms with Gasteiger partial charge in [-0.1, -0.05) is 26.5 Å². The van der Waals surface area contributed by atoms with E-state index in [1.165, 1.54) is 6.08 Å². The molecule has 0 aromatic carbocycles. The van der Waals surface area contributed by atoms with Gasteiger partial charge in [0.2, 0.25) is 0 Å². The van der Waals surface area contributed by atoms with Crippen LogP contribution in [0.2, 0.25) is 0 Å². The number of aryl methyl sites for hydroxylation is 1. The first-order valence-electron chi connectivity index (χ1n) is 5.36. The van der Waals surface area contributed by atoms with Crippen molar-refractivity contribution in [3.8, 4) is 6.07 Å². The Kier molecular flexibility index (Phi) is 4.07. The first kappa shape index (κ1) is 12.3. The van der Waals surface area contributed by atoms with Crippen LogP contribution in [-0.4, -0.2) is 4.57 Å². The molecule has 0 fully saturated rings. The molecule has 1 aromatic rings. The topological polar surface area (TPSA) is 45.8 Å². The van der Waals surface area contributed by atoms with Crippen molar-refractivity contribution in [2.75, 3.05) is 0 Å². The van der Waals surface area contributed by atoms with Crippen molar-refractivity contribution in [2.24, 2.45) is 5.92 Å². The van der Waals surface area contributed by atoms with Crippen molar-refractivity contribution in [1.82, 2.24) is 4.57 Å². The lowest BCUT2D eigenvalue weighted by atomic mass is 10.1. The molecular weight excluding hydrogens is 200 g/mol. The number of nitriles is 1. The highest BCUT2D eigenvalue weighted by molar-refractivity contribution is 5.55. The fourth-order valence-corrected chi connectivity index (χ4v) is 1.44. The molecule has 1 rings (SSSR count). The second kappa shape index (κ2) is 5.32. The average Bonchev–Trinajstić information content (AvgIpc) is 2.26. The highest BCUT2D eigenvalue weighted by Gasteiger charge is 2.07. The minimum absolute atomic E-state index is 0.182. The van der Waals surface area contributed by atoms with Crippen molar-refractivity contribution in [3.63, 3.8) is 0 Å². The summed E-state index contributed by atoms with van der Waals surface area (Å²) in [4.78, 5) is 11.9. The van der Waals surface area contributed by atoms with Crippen molar-refractivity contribution in [2.45, 2.75) is 26.8 Å². The number of rotatable bonds is 4. The summed E-state index contributed by atoms with van der Waals surface area (Å²) in [7, 11) is 0. The minimum Gasteiger partial charge on any atom is -0.314 e. The Labute approximate surface area is 95.6 Å². The minimum atomic E-state index is -0.222. The molecule has 0 unspecified atom stereocenters. The van der Waals surface area contributed by atoms with Gasteiger partial charge in [-0.25, -0.2) is 0 Å². The third-order valence-corrected chi connectivity index (χ3v) is 2.48. The Morgan fingerprint density at radius 3 is 2.81 bits per heavy atom. The van der Waals surface area contributed by atoms with Crippen LogP contribution in [0.3, 0.4) is 0 Å².